The van der Waals surface area contributed by atoms with Gasteiger partial charge in [-0.25, -0.2) is 4.79 Å². The molecule has 2 aromatic carbocycles. The van der Waals surface area contributed by atoms with Crippen molar-refractivity contribution >= 4 is 28.8 Å². The number of ether oxygens (including phenoxy) is 2. The molecular weight excluding hydrogens is 414 g/mol. The van der Waals surface area contributed by atoms with Crippen LogP contribution in [0.2, 0.25) is 0 Å². The van der Waals surface area contributed by atoms with E-state index in [-0.39, 0.29) is 18.1 Å². The van der Waals surface area contributed by atoms with Gasteiger partial charge < -0.3 is 14.6 Å². The highest BCUT2D eigenvalue weighted by Gasteiger charge is 2.18. The van der Waals surface area contributed by atoms with Crippen molar-refractivity contribution in [3.8, 4) is 21.9 Å². The highest BCUT2D eigenvalue weighted by atomic mass is 32.1. The van der Waals surface area contributed by atoms with Crippen molar-refractivity contribution < 1.29 is 24.2 Å². The molecular formula is C24H21NO5S. The van der Waals surface area contributed by atoms with E-state index in [2.05, 4.69) is 9.73 Å². The summed E-state index contributed by atoms with van der Waals surface area (Å²) in [4.78, 5) is 29.1. The van der Waals surface area contributed by atoms with Gasteiger partial charge in [-0.2, -0.15) is 0 Å². The van der Waals surface area contributed by atoms with Gasteiger partial charge in [-0.15, -0.1) is 11.3 Å². The predicted molar refractivity (Wildman–Crippen MR) is 120 cm³/mol. The maximum absolute atomic E-state index is 12.5. The number of aromatic hydroxyl groups is 1. The maximum atomic E-state index is 12.5. The van der Waals surface area contributed by atoms with Gasteiger partial charge in [0.05, 0.1) is 24.2 Å². The molecule has 1 aromatic heterocycles. The van der Waals surface area contributed by atoms with Crippen molar-refractivity contribution in [3.63, 3.8) is 0 Å². The monoisotopic (exact) mass is 435 g/mol. The van der Waals surface area contributed by atoms with E-state index < -0.39 is 5.97 Å². The van der Waals surface area contributed by atoms with Gasteiger partial charge in [0.1, 0.15) is 18.0 Å². The van der Waals surface area contributed by atoms with Crippen LogP contribution in [-0.2, 0) is 11.2 Å². The van der Waals surface area contributed by atoms with E-state index in [1.165, 1.54) is 18.4 Å². The summed E-state index contributed by atoms with van der Waals surface area (Å²) in [5.41, 5.74) is 4.12. The minimum absolute atomic E-state index is 0.0514. The molecule has 7 heteroatoms. The van der Waals surface area contributed by atoms with Crippen LogP contribution < -0.4 is 4.74 Å². The molecule has 0 spiro atoms. The average Bonchev–Trinajstić information content (AvgIpc) is 3.42. The van der Waals surface area contributed by atoms with Gasteiger partial charge >= 0.3 is 5.97 Å². The first kappa shape index (κ1) is 20.8. The summed E-state index contributed by atoms with van der Waals surface area (Å²) in [6.45, 7) is 2.41. The Labute approximate surface area is 183 Å². The van der Waals surface area contributed by atoms with Gasteiger partial charge in [-0.05, 0) is 48.4 Å². The Morgan fingerprint density at radius 3 is 2.65 bits per heavy atom. The Bertz CT molecular complexity index is 1180. The lowest BCUT2D eigenvalue weighted by Crippen LogP contribution is -2.07. The molecule has 0 radical (unpaired) electrons. The van der Waals surface area contributed by atoms with Crippen LogP contribution in [0.25, 0.3) is 10.4 Å². The van der Waals surface area contributed by atoms with Crippen molar-refractivity contribution in [2.24, 2.45) is 4.99 Å². The summed E-state index contributed by atoms with van der Waals surface area (Å²) in [5, 5.41) is 12.6. The van der Waals surface area contributed by atoms with Gasteiger partial charge in [-0.1, -0.05) is 12.1 Å². The van der Waals surface area contributed by atoms with E-state index in [1.54, 1.807) is 31.2 Å². The summed E-state index contributed by atoms with van der Waals surface area (Å²) < 4.78 is 10.2. The molecule has 2 heterocycles. The number of thiophene rings is 1. The van der Waals surface area contributed by atoms with Crippen molar-refractivity contribution in [3.05, 3.63) is 70.1 Å². The SMILES string of the molecule is COC(=O)c1ccc(C(=O)CN=C(C)c2csc(-c3ccc4c(c3)CCO4)c2O)cc1. The lowest BCUT2D eigenvalue weighted by atomic mass is 10.1. The number of fused-ring (bicyclic) bond motifs is 1. The number of esters is 1. The molecule has 0 bridgehead atoms. The van der Waals surface area contributed by atoms with Crippen molar-refractivity contribution in [1.82, 2.24) is 0 Å². The number of methoxy groups -OCH3 is 1. The molecule has 1 N–H and O–H groups in total. The van der Waals surface area contributed by atoms with Crippen LogP contribution in [-0.4, -0.2) is 42.8 Å². The highest BCUT2D eigenvalue weighted by molar-refractivity contribution is 7.14. The van der Waals surface area contributed by atoms with E-state index in [4.69, 9.17) is 4.74 Å². The van der Waals surface area contributed by atoms with Crippen LogP contribution >= 0.6 is 11.3 Å². The number of carbonyl (C=O) groups excluding carboxylic acids is 2. The zero-order valence-electron chi connectivity index (χ0n) is 17.2. The number of hydrogen-bond acceptors (Lipinski definition) is 7. The summed E-state index contributed by atoms with van der Waals surface area (Å²) in [6, 6.07) is 12.2. The molecule has 1 aliphatic heterocycles. The van der Waals surface area contributed by atoms with Gasteiger partial charge in [0.15, 0.2) is 5.78 Å². The Morgan fingerprint density at radius 2 is 1.90 bits per heavy atom. The zero-order chi connectivity index (χ0) is 22.0. The van der Waals surface area contributed by atoms with Gasteiger partial charge in [0, 0.05) is 28.6 Å². The molecule has 0 saturated heterocycles. The number of hydrogen-bond donors (Lipinski definition) is 1. The minimum Gasteiger partial charge on any atom is -0.506 e. The number of ketones is 1. The standard InChI is InChI=1S/C24H21NO5S/c1-14(25-12-20(26)15-3-5-16(6-4-15)24(28)29-2)19-13-31-23(22(19)27)18-7-8-21-17(11-18)9-10-30-21/h3-8,11,13,27H,9-10,12H2,1-2H3. The van der Waals surface area contributed by atoms with Crippen LogP contribution in [0, 0.1) is 0 Å². The third-order valence-corrected chi connectivity index (χ3v) is 6.21. The minimum atomic E-state index is -0.451. The molecule has 3 aromatic rings. The van der Waals surface area contributed by atoms with E-state index in [9.17, 15) is 14.7 Å². The first-order valence-electron chi connectivity index (χ1n) is 9.77. The molecule has 0 atom stereocenters. The molecule has 0 saturated carbocycles. The summed E-state index contributed by atoms with van der Waals surface area (Å²) in [6.07, 6.45) is 0.866. The van der Waals surface area contributed by atoms with Crippen LogP contribution in [0.15, 0.2) is 52.8 Å². The van der Waals surface area contributed by atoms with E-state index in [0.717, 1.165) is 28.2 Å². The lowest BCUT2D eigenvalue weighted by molar-refractivity contribution is 0.0600. The fourth-order valence-corrected chi connectivity index (χ4v) is 4.42. The normalized spacial score (nSPS) is 12.9. The second-order valence-corrected chi connectivity index (χ2v) is 8.02. The molecule has 158 valence electrons. The zero-order valence-corrected chi connectivity index (χ0v) is 18.0. The Morgan fingerprint density at radius 1 is 1.16 bits per heavy atom. The summed E-state index contributed by atoms with van der Waals surface area (Å²) in [7, 11) is 1.31. The quantitative estimate of drug-likeness (QED) is 0.349. The van der Waals surface area contributed by atoms with Crippen LogP contribution in [0.1, 0.15) is 38.8 Å². The number of aliphatic imine (C=N–C) groups is 1. The largest absolute Gasteiger partial charge is 0.506 e. The Hall–Kier alpha value is -3.45. The fourth-order valence-electron chi connectivity index (χ4n) is 3.42. The van der Waals surface area contributed by atoms with Crippen molar-refractivity contribution in [2.45, 2.75) is 13.3 Å². The van der Waals surface area contributed by atoms with Gasteiger partial charge in [-0.3, -0.25) is 9.79 Å². The third-order valence-electron chi connectivity index (χ3n) is 5.19. The number of carbonyl (C=O) groups is 2. The van der Waals surface area contributed by atoms with Crippen molar-refractivity contribution in [2.75, 3.05) is 20.3 Å². The van der Waals surface area contributed by atoms with E-state index >= 15 is 0 Å². The maximum Gasteiger partial charge on any atom is 0.337 e. The first-order valence-corrected chi connectivity index (χ1v) is 10.7. The molecule has 4 rings (SSSR count). The van der Waals surface area contributed by atoms with Gasteiger partial charge in [0.25, 0.3) is 0 Å². The second-order valence-electron chi connectivity index (χ2n) is 7.14. The summed E-state index contributed by atoms with van der Waals surface area (Å²) in [5.74, 6) is 0.438. The molecule has 0 fully saturated rings. The van der Waals surface area contributed by atoms with Crippen molar-refractivity contribution in [1.29, 1.82) is 0 Å². The third kappa shape index (κ3) is 4.22. The number of benzene rings is 2. The molecule has 0 aliphatic carbocycles. The number of nitrogens with zero attached hydrogens (tertiary/aromatic N) is 1. The van der Waals surface area contributed by atoms with E-state index in [0.29, 0.717) is 29.0 Å². The Balaban J connectivity index is 1.49. The average molecular weight is 436 g/mol. The van der Waals surface area contributed by atoms with Gasteiger partial charge in [0.2, 0.25) is 0 Å². The lowest BCUT2D eigenvalue weighted by Gasteiger charge is -2.05. The number of rotatable bonds is 6. The highest BCUT2D eigenvalue weighted by Crippen LogP contribution is 2.40. The van der Waals surface area contributed by atoms with Crippen LogP contribution in [0.5, 0.6) is 11.5 Å². The Kier molecular flexibility index (Phi) is 5.86. The number of Topliss-reactive ketones (excluding diaryl/α,β-unsaturated/α-hetero) is 1. The van der Waals surface area contributed by atoms with Crippen LogP contribution in [0.3, 0.4) is 0 Å². The molecule has 0 amide bonds. The topological polar surface area (TPSA) is 85.2 Å². The first-order chi connectivity index (χ1) is 15.0. The molecule has 0 unspecified atom stereocenters. The molecule has 31 heavy (non-hydrogen) atoms. The molecule has 6 nitrogen and oxygen atoms in total. The van der Waals surface area contributed by atoms with E-state index in [1.807, 2.05) is 23.6 Å². The second kappa shape index (κ2) is 8.73. The fraction of sp³-hybridized carbons (Fsp3) is 0.208. The summed E-state index contributed by atoms with van der Waals surface area (Å²) >= 11 is 1.44. The smallest absolute Gasteiger partial charge is 0.337 e. The molecule has 1 aliphatic rings. The van der Waals surface area contributed by atoms with Crippen LogP contribution in [0.4, 0.5) is 0 Å². The predicted octanol–water partition coefficient (Wildman–Crippen LogP) is 4.53.